The van der Waals surface area contributed by atoms with E-state index in [0.29, 0.717) is 0 Å². The van der Waals surface area contributed by atoms with Crippen LogP contribution in [0.25, 0.3) is 6.08 Å². The summed E-state index contributed by atoms with van der Waals surface area (Å²) in [6.45, 7) is 0. The molecule has 2 aromatic rings. The second-order valence-corrected chi connectivity index (χ2v) is 3.59. The Balaban J connectivity index is 2.02. The largest absolute Gasteiger partial charge is 0.320 e. The number of nitrogens with zero attached hydrogens (tertiary/aromatic N) is 1. The summed E-state index contributed by atoms with van der Waals surface area (Å²) in [5, 5.41) is 2.46. The Bertz CT molecular complexity index is 567. The van der Waals surface area contributed by atoms with Gasteiger partial charge in [-0.25, -0.2) is 4.39 Å². The number of hydrogen-bond acceptors (Lipinski definition) is 2. The maximum atomic E-state index is 13.3. The van der Waals surface area contributed by atoms with Gasteiger partial charge in [-0.3, -0.25) is 9.78 Å². The fraction of sp³-hybridized carbons (Fsp3) is 0. The van der Waals surface area contributed by atoms with Gasteiger partial charge in [-0.1, -0.05) is 18.2 Å². The summed E-state index contributed by atoms with van der Waals surface area (Å²) >= 11 is 0. The van der Waals surface area contributed by atoms with Crippen molar-refractivity contribution in [3.8, 4) is 0 Å². The van der Waals surface area contributed by atoms with Crippen LogP contribution in [0.3, 0.4) is 0 Å². The van der Waals surface area contributed by atoms with Crippen LogP contribution in [0.4, 0.5) is 10.1 Å². The van der Waals surface area contributed by atoms with Crippen molar-refractivity contribution in [2.24, 2.45) is 0 Å². The molecule has 1 aromatic heterocycles. The first-order valence-electron chi connectivity index (χ1n) is 5.39. The first-order chi connectivity index (χ1) is 8.75. The van der Waals surface area contributed by atoms with Crippen molar-refractivity contribution in [2.45, 2.75) is 0 Å². The molecule has 4 heteroatoms. The minimum Gasteiger partial charge on any atom is -0.320 e. The fourth-order valence-electron chi connectivity index (χ4n) is 1.38. The molecule has 90 valence electrons. The molecule has 0 atom stereocenters. The normalized spacial score (nSPS) is 10.5. The Morgan fingerprint density at radius 1 is 1.22 bits per heavy atom. The highest BCUT2D eigenvalue weighted by molar-refractivity contribution is 6.01. The van der Waals surface area contributed by atoms with Gasteiger partial charge in [-0.2, -0.15) is 0 Å². The third-order valence-electron chi connectivity index (χ3n) is 2.24. The molecule has 1 amide bonds. The average molecular weight is 242 g/mol. The van der Waals surface area contributed by atoms with Crippen molar-refractivity contribution in [3.63, 3.8) is 0 Å². The highest BCUT2D eigenvalue weighted by Crippen LogP contribution is 2.12. The van der Waals surface area contributed by atoms with E-state index in [2.05, 4.69) is 10.3 Å². The van der Waals surface area contributed by atoms with Gasteiger partial charge in [0.25, 0.3) is 0 Å². The van der Waals surface area contributed by atoms with Crippen LogP contribution in [-0.2, 0) is 4.79 Å². The summed E-state index contributed by atoms with van der Waals surface area (Å²) in [5.74, 6) is -0.843. The van der Waals surface area contributed by atoms with Gasteiger partial charge in [0.15, 0.2) is 0 Å². The third kappa shape index (κ3) is 3.25. The van der Waals surface area contributed by atoms with Crippen LogP contribution in [0.2, 0.25) is 0 Å². The van der Waals surface area contributed by atoms with Gasteiger partial charge < -0.3 is 5.32 Å². The monoisotopic (exact) mass is 242 g/mol. The number of nitrogens with one attached hydrogen (secondary N) is 1. The zero-order valence-corrected chi connectivity index (χ0v) is 9.51. The second kappa shape index (κ2) is 5.72. The van der Waals surface area contributed by atoms with Crippen molar-refractivity contribution >= 4 is 17.7 Å². The minimum absolute atomic E-state index is 0.165. The van der Waals surface area contributed by atoms with Crippen LogP contribution in [0.15, 0.2) is 54.9 Å². The third-order valence-corrected chi connectivity index (χ3v) is 2.24. The van der Waals surface area contributed by atoms with Crippen LogP contribution >= 0.6 is 0 Å². The molecule has 0 unspecified atom stereocenters. The number of rotatable bonds is 3. The molecular formula is C14H11FN2O. The summed E-state index contributed by atoms with van der Waals surface area (Å²) in [5.41, 5.74) is 0.972. The zero-order valence-electron chi connectivity index (χ0n) is 9.51. The van der Waals surface area contributed by atoms with Crippen molar-refractivity contribution in [1.82, 2.24) is 4.98 Å². The predicted molar refractivity (Wildman–Crippen MR) is 68.3 cm³/mol. The number of carbonyl (C=O) groups excluding carboxylic acids is 1. The molecule has 0 aliphatic heterocycles. The average Bonchev–Trinajstić information content (AvgIpc) is 2.40. The lowest BCUT2D eigenvalue weighted by Crippen LogP contribution is -2.08. The number of amides is 1. The summed E-state index contributed by atoms with van der Waals surface area (Å²) in [6, 6.07) is 9.61. The van der Waals surface area contributed by atoms with E-state index < -0.39 is 5.82 Å². The van der Waals surface area contributed by atoms with E-state index in [9.17, 15) is 9.18 Å². The van der Waals surface area contributed by atoms with Gasteiger partial charge in [0.05, 0.1) is 5.69 Å². The zero-order chi connectivity index (χ0) is 12.8. The van der Waals surface area contributed by atoms with E-state index >= 15 is 0 Å². The van der Waals surface area contributed by atoms with Crippen molar-refractivity contribution < 1.29 is 9.18 Å². The highest BCUT2D eigenvalue weighted by Gasteiger charge is 2.02. The maximum absolute atomic E-state index is 13.3. The summed E-state index contributed by atoms with van der Waals surface area (Å²) in [7, 11) is 0. The number of benzene rings is 1. The molecule has 0 bridgehead atoms. The van der Waals surface area contributed by atoms with E-state index in [-0.39, 0.29) is 11.6 Å². The predicted octanol–water partition coefficient (Wildman–Crippen LogP) is 2.87. The summed E-state index contributed by atoms with van der Waals surface area (Å²) in [6.07, 6.45) is 6.23. The molecule has 0 saturated carbocycles. The first kappa shape index (κ1) is 12.0. The molecule has 0 radical (unpaired) electrons. The van der Waals surface area contributed by atoms with Crippen molar-refractivity contribution in [3.05, 3.63) is 66.2 Å². The molecule has 0 fully saturated rings. The Hall–Kier alpha value is -2.49. The van der Waals surface area contributed by atoms with Gasteiger partial charge >= 0.3 is 0 Å². The Kier molecular flexibility index (Phi) is 3.81. The number of carbonyl (C=O) groups is 1. The molecule has 0 aliphatic carbocycles. The molecular weight excluding hydrogens is 231 g/mol. The van der Waals surface area contributed by atoms with E-state index in [4.69, 9.17) is 0 Å². The van der Waals surface area contributed by atoms with Crippen LogP contribution in [0, 0.1) is 5.82 Å². The quantitative estimate of drug-likeness (QED) is 0.841. The first-order valence-corrected chi connectivity index (χ1v) is 5.39. The Labute approximate surface area is 104 Å². The van der Waals surface area contributed by atoms with Gasteiger partial charge in [0.1, 0.15) is 5.82 Å². The topological polar surface area (TPSA) is 42.0 Å². The van der Waals surface area contributed by atoms with Crippen LogP contribution in [0.1, 0.15) is 5.56 Å². The number of hydrogen-bond donors (Lipinski definition) is 1. The number of halogens is 1. The van der Waals surface area contributed by atoms with Gasteiger partial charge in [0.2, 0.25) is 5.91 Å². The van der Waals surface area contributed by atoms with Crippen LogP contribution < -0.4 is 5.32 Å². The molecule has 0 spiro atoms. The smallest absolute Gasteiger partial charge is 0.248 e. The lowest BCUT2D eigenvalue weighted by atomic mass is 10.2. The van der Waals surface area contributed by atoms with E-state index in [1.54, 1.807) is 36.7 Å². The highest BCUT2D eigenvalue weighted by atomic mass is 19.1. The maximum Gasteiger partial charge on any atom is 0.248 e. The Morgan fingerprint density at radius 2 is 2.06 bits per heavy atom. The summed E-state index contributed by atoms with van der Waals surface area (Å²) < 4.78 is 13.3. The lowest BCUT2D eigenvalue weighted by molar-refractivity contribution is -0.111. The van der Waals surface area contributed by atoms with Crippen LogP contribution in [0.5, 0.6) is 0 Å². The second-order valence-electron chi connectivity index (χ2n) is 3.59. The van der Waals surface area contributed by atoms with E-state index in [0.717, 1.165) is 5.56 Å². The number of pyridine rings is 1. The van der Waals surface area contributed by atoms with Gasteiger partial charge in [-0.05, 0) is 29.8 Å². The van der Waals surface area contributed by atoms with E-state index in [1.165, 1.54) is 18.2 Å². The number of anilines is 1. The molecule has 1 aromatic carbocycles. The number of aromatic nitrogens is 1. The molecule has 0 aliphatic rings. The van der Waals surface area contributed by atoms with Crippen LogP contribution in [-0.4, -0.2) is 10.9 Å². The molecule has 3 nitrogen and oxygen atoms in total. The van der Waals surface area contributed by atoms with Crippen molar-refractivity contribution in [2.75, 3.05) is 5.32 Å². The van der Waals surface area contributed by atoms with Gasteiger partial charge in [0, 0.05) is 18.5 Å². The molecule has 2 rings (SSSR count). The molecule has 1 heterocycles. The Morgan fingerprint density at radius 3 is 2.78 bits per heavy atom. The van der Waals surface area contributed by atoms with Gasteiger partial charge in [-0.15, -0.1) is 0 Å². The molecule has 1 N–H and O–H groups in total. The minimum atomic E-state index is -0.458. The fourth-order valence-corrected chi connectivity index (χ4v) is 1.38. The summed E-state index contributed by atoms with van der Waals surface area (Å²) in [4.78, 5) is 15.5. The number of para-hydroxylation sites is 1. The SMILES string of the molecule is O=C(/C=C/c1cccnc1)Nc1ccccc1F. The molecule has 0 saturated heterocycles. The standard InChI is InChI=1S/C14H11FN2O/c15-12-5-1-2-6-13(12)17-14(18)8-7-11-4-3-9-16-10-11/h1-10H,(H,17,18)/b8-7+. The molecule has 18 heavy (non-hydrogen) atoms. The lowest BCUT2D eigenvalue weighted by Gasteiger charge is -2.02. The van der Waals surface area contributed by atoms with Crippen molar-refractivity contribution in [1.29, 1.82) is 0 Å². The van der Waals surface area contributed by atoms with E-state index in [1.807, 2.05) is 6.07 Å².